The minimum atomic E-state index is -3.22. The lowest BCUT2D eigenvalue weighted by Crippen LogP contribution is -2.45. The van der Waals surface area contributed by atoms with Gasteiger partial charge in [0.1, 0.15) is 0 Å². The third-order valence-electron chi connectivity index (χ3n) is 8.47. The zero-order chi connectivity index (χ0) is 28.4. The van der Waals surface area contributed by atoms with E-state index in [-0.39, 0.29) is 11.9 Å². The fourth-order valence-corrected chi connectivity index (χ4v) is 6.71. The first-order chi connectivity index (χ1) is 19.1. The predicted molar refractivity (Wildman–Crippen MR) is 159 cm³/mol. The molecule has 0 aromatic heterocycles. The average Bonchev–Trinajstić information content (AvgIpc) is 3.39. The molecule has 1 fully saturated rings. The van der Waals surface area contributed by atoms with Crippen molar-refractivity contribution in [2.75, 3.05) is 69.8 Å². The zero-order valence-corrected chi connectivity index (χ0v) is 24.4. The Bertz CT molecular complexity index is 1430. The summed E-state index contributed by atoms with van der Waals surface area (Å²) in [4.78, 5) is 29.4. The Balaban J connectivity index is 1.33. The molecule has 214 valence electrons. The van der Waals surface area contributed by atoms with Crippen molar-refractivity contribution in [2.45, 2.75) is 32.2 Å². The van der Waals surface area contributed by atoms with Crippen LogP contribution in [0.1, 0.15) is 34.3 Å². The monoisotopic (exact) mass is 565 g/mol. The van der Waals surface area contributed by atoms with Crippen LogP contribution in [0.15, 0.2) is 42.0 Å². The topological polar surface area (TPSA) is 102 Å². The van der Waals surface area contributed by atoms with Gasteiger partial charge >= 0.3 is 0 Å². The van der Waals surface area contributed by atoms with Crippen molar-refractivity contribution in [3.8, 4) is 11.1 Å². The van der Waals surface area contributed by atoms with Gasteiger partial charge in [0.2, 0.25) is 15.9 Å². The van der Waals surface area contributed by atoms with E-state index in [1.807, 2.05) is 37.3 Å². The number of fused-ring (bicyclic) bond motifs is 1. The number of piperazine rings is 1. The lowest BCUT2D eigenvalue weighted by atomic mass is 9.90. The van der Waals surface area contributed by atoms with Gasteiger partial charge in [-0.2, -0.15) is 4.31 Å². The summed E-state index contributed by atoms with van der Waals surface area (Å²) >= 11 is 0. The lowest BCUT2D eigenvalue weighted by molar-refractivity contribution is -0.116. The highest BCUT2D eigenvalue weighted by Crippen LogP contribution is 2.41. The summed E-state index contributed by atoms with van der Waals surface area (Å²) in [6.45, 7) is 7.64. The first kappa shape index (κ1) is 28.5. The second-order valence-electron chi connectivity index (χ2n) is 11.1. The first-order valence-corrected chi connectivity index (χ1v) is 15.8. The summed E-state index contributed by atoms with van der Waals surface area (Å²) in [6.07, 6.45) is 5.93. The molecule has 1 atom stereocenters. The van der Waals surface area contributed by atoms with E-state index >= 15 is 0 Å². The summed E-state index contributed by atoms with van der Waals surface area (Å²) < 4.78 is 25.4. The molecule has 1 saturated heterocycles. The number of sulfonamides is 1. The number of rotatable bonds is 8. The third kappa shape index (κ3) is 6.15. The maximum atomic E-state index is 12.8. The van der Waals surface area contributed by atoms with Crippen LogP contribution in [-0.4, -0.2) is 99.9 Å². The van der Waals surface area contributed by atoms with Gasteiger partial charge < -0.3 is 20.4 Å². The van der Waals surface area contributed by atoms with Crippen LogP contribution in [0.4, 0.5) is 11.4 Å². The zero-order valence-electron chi connectivity index (χ0n) is 23.6. The van der Waals surface area contributed by atoms with E-state index in [9.17, 15) is 18.0 Å². The van der Waals surface area contributed by atoms with Crippen molar-refractivity contribution in [3.63, 3.8) is 0 Å². The standard InChI is InChI=1S/C30H39N5O4S/c1-21-24(5-4-6-27(21)31-29(37)11-12-34-17-15-33(2)16-18-34)25-8-7-23(20-36)30-26(25)19-28(32-30)22-9-13-35(14-10-22)40(3,38)39/h4-9,20,28,32H,10-19H2,1-3H3,(H,31,37). The number of likely N-dealkylation sites (N-methyl/N-ethyl adjacent to an activating group) is 1. The maximum Gasteiger partial charge on any atom is 0.225 e. The Morgan fingerprint density at radius 3 is 2.55 bits per heavy atom. The molecular weight excluding hydrogens is 526 g/mol. The Kier molecular flexibility index (Phi) is 8.42. The first-order valence-electron chi connectivity index (χ1n) is 14.0. The maximum absolute atomic E-state index is 12.8. The lowest BCUT2D eigenvalue weighted by Gasteiger charge is -2.32. The number of carbonyl (C=O) groups excluding carboxylic acids is 2. The van der Waals surface area contributed by atoms with Crippen molar-refractivity contribution in [3.05, 3.63) is 58.7 Å². The van der Waals surface area contributed by atoms with E-state index in [1.54, 1.807) is 0 Å². The highest BCUT2D eigenvalue weighted by Gasteiger charge is 2.31. The SMILES string of the molecule is Cc1c(NC(=O)CCN2CCN(C)CC2)cccc1-c1ccc(C=O)c2c1CC(C1=CCN(S(C)(=O)=O)CC1)N2. The fraction of sp³-hybridized carbons (Fsp3) is 0.467. The number of nitrogens with zero attached hydrogens (tertiary/aromatic N) is 3. The van der Waals surface area contributed by atoms with Gasteiger partial charge in [0, 0.05) is 69.2 Å². The minimum Gasteiger partial charge on any atom is -0.377 e. The van der Waals surface area contributed by atoms with E-state index in [4.69, 9.17) is 0 Å². The Labute approximate surface area is 237 Å². The quantitative estimate of drug-likeness (QED) is 0.375. The molecule has 0 bridgehead atoms. The number of aldehydes is 1. The van der Waals surface area contributed by atoms with Crippen molar-refractivity contribution in [1.82, 2.24) is 14.1 Å². The molecule has 40 heavy (non-hydrogen) atoms. The summed E-state index contributed by atoms with van der Waals surface area (Å²) in [7, 11) is -1.10. The van der Waals surface area contributed by atoms with Crippen LogP contribution >= 0.6 is 0 Å². The number of nitrogens with one attached hydrogen (secondary N) is 2. The Morgan fingerprint density at radius 2 is 1.88 bits per heavy atom. The molecule has 5 rings (SSSR count). The molecule has 1 unspecified atom stereocenters. The summed E-state index contributed by atoms with van der Waals surface area (Å²) in [5, 5.41) is 6.68. The molecule has 2 aromatic carbocycles. The van der Waals surface area contributed by atoms with Gasteiger partial charge in [-0.15, -0.1) is 0 Å². The summed E-state index contributed by atoms with van der Waals surface area (Å²) in [5.41, 5.74) is 7.53. The highest BCUT2D eigenvalue weighted by atomic mass is 32.2. The molecular formula is C30H39N5O4S. The molecule has 0 spiro atoms. The van der Waals surface area contributed by atoms with Crippen LogP contribution in [0.2, 0.25) is 0 Å². The van der Waals surface area contributed by atoms with Gasteiger partial charge in [-0.05, 0) is 66.8 Å². The van der Waals surface area contributed by atoms with Crippen LogP contribution < -0.4 is 10.6 Å². The normalized spacial score (nSPS) is 20.5. The number of hydrogen-bond acceptors (Lipinski definition) is 7. The van der Waals surface area contributed by atoms with Gasteiger partial charge in [-0.1, -0.05) is 24.3 Å². The van der Waals surface area contributed by atoms with Crippen molar-refractivity contribution in [1.29, 1.82) is 0 Å². The van der Waals surface area contributed by atoms with E-state index < -0.39 is 10.0 Å². The number of hydrogen-bond donors (Lipinski definition) is 2. The molecule has 3 heterocycles. The molecule has 2 aromatic rings. The molecule has 9 nitrogen and oxygen atoms in total. The van der Waals surface area contributed by atoms with Gasteiger partial charge in [0.05, 0.1) is 12.3 Å². The van der Waals surface area contributed by atoms with Gasteiger partial charge in [0.25, 0.3) is 0 Å². The van der Waals surface area contributed by atoms with Crippen molar-refractivity contribution in [2.24, 2.45) is 0 Å². The Morgan fingerprint density at radius 1 is 1.10 bits per heavy atom. The second kappa shape index (κ2) is 11.8. The number of benzene rings is 2. The largest absolute Gasteiger partial charge is 0.377 e. The summed E-state index contributed by atoms with van der Waals surface area (Å²) in [6, 6.07) is 9.81. The van der Waals surface area contributed by atoms with Crippen molar-refractivity contribution < 1.29 is 18.0 Å². The average molecular weight is 566 g/mol. The van der Waals surface area contributed by atoms with E-state index in [0.717, 1.165) is 78.2 Å². The molecule has 1 amide bonds. The fourth-order valence-electron chi connectivity index (χ4n) is 5.94. The molecule has 3 aliphatic heterocycles. The second-order valence-corrected chi connectivity index (χ2v) is 13.1. The smallest absolute Gasteiger partial charge is 0.225 e. The summed E-state index contributed by atoms with van der Waals surface area (Å²) in [5.74, 6) is 0.00909. The van der Waals surface area contributed by atoms with E-state index in [1.165, 1.54) is 10.6 Å². The van der Waals surface area contributed by atoms with Gasteiger partial charge in [-0.3, -0.25) is 9.59 Å². The third-order valence-corrected chi connectivity index (χ3v) is 9.74. The highest BCUT2D eigenvalue weighted by molar-refractivity contribution is 7.88. The van der Waals surface area contributed by atoms with E-state index in [2.05, 4.69) is 33.5 Å². The molecule has 10 heteroatoms. The van der Waals surface area contributed by atoms with Gasteiger partial charge in [-0.25, -0.2) is 8.42 Å². The van der Waals surface area contributed by atoms with E-state index in [0.29, 0.717) is 37.9 Å². The molecule has 0 aliphatic carbocycles. The minimum absolute atomic E-state index is 0.00864. The van der Waals surface area contributed by atoms with Crippen LogP contribution in [-0.2, 0) is 21.2 Å². The van der Waals surface area contributed by atoms with Crippen LogP contribution in [0.5, 0.6) is 0 Å². The number of anilines is 2. The predicted octanol–water partition coefficient (Wildman–Crippen LogP) is 2.98. The molecule has 0 saturated carbocycles. The molecule has 0 radical (unpaired) electrons. The van der Waals surface area contributed by atoms with Crippen LogP contribution in [0.25, 0.3) is 11.1 Å². The van der Waals surface area contributed by atoms with Crippen LogP contribution in [0.3, 0.4) is 0 Å². The molecule has 2 N–H and O–H groups in total. The van der Waals surface area contributed by atoms with Crippen molar-refractivity contribution >= 4 is 33.6 Å². The van der Waals surface area contributed by atoms with Gasteiger partial charge in [0.15, 0.2) is 6.29 Å². The van der Waals surface area contributed by atoms with Crippen LogP contribution in [0, 0.1) is 6.92 Å². The number of carbonyl (C=O) groups is 2. The Hall–Kier alpha value is -3.05. The molecule has 3 aliphatic rings. The number of amides is 1.